The number of carbonyl (C=O) groups is 1. The van der Waals surface area contributed by atoms with E-state index in [9.17, 15) is 14.3 Å². The molecule has 0 aliphatic carbocycles. The highest BCUT2D eigenvalue weighted by molar-refractivity contribution is 5.98. The Hall–Kier alpha value is -3.49. The molecule has 0 unspecified atom stereocenters. The van der Waals surface area contributed by atoms with Crippen LogP contribution < -0.4 is 9.47 Å². The maximum atomic E-state index is 13.7. The molecule has 4 rings (SSSR count). The molecular formula is C29H34FN3O4. The van der Waals surface area contributed by atoms with Crippen LogP contribution in [-0.2, 0) is 6.54 Å². The van der Waals surface area contributed by atoms with Crippen molar-refractivity contribution in [1.29, 1.82) is 0 Å². The first kappa shape index (κ1) is 26.6. The molecule has 0 spiro atoms. The van der Waals surface area contributed by atoms with Gasteiger partial charge in [0.05, 0.1) is 19.8 Å². The number of aliphatic hydroxyl groups is 1. The number of aliphatic hydroxyl groups excluding tert-OH is 1. The number of halogens is 1. The van der Waals surface area contributed by atoms with Crippen LogP contribution in [0.3, 0.4) is 0 Å². The predicted octanol–water partition coefficient (Wildman–Crippen LogP) is 4.25. The molecule has 0 saturated carbocycles. The van der Waals surface area contributed by atoms with E-state index in [1.54, 1.807) is 30.3 Å². The third kappa shape index (κ3) is 6.09. The number of benzene rings is 2. The summed E-state index contributed by atoms with van der Waals surface area (Å²) in [6.45, 7) is 5.21. The number of nitrogens with zero attached hydrogens (tertiary/aromatic N) is 3. The summed E-state index contributed by atoms with van der Waals surface area (Å²) in [6.07, 6.45) is 1.40. The number of amides is 1. The van der Waals surface area contributed by atoms with Crippen molar-refractivity contribution in [2.24, 2.45) is 5.92 Å². The number of pyridine rings is 1. The molecule has 0 bridgehead atoms. The van der Waals surface area contributed by atoms with Gasteiger partial charge in [-0.05, 0) is 43.8 Å². The molecular weight excluding hydrogens is 473 g/mol. The van der Waals surface area contributed by atoms with Crippen molar-refractivity contribution in [1.82, 2.24) is 14.8 Å². The monoisotopic (exact) mass is 507 g/mol. The fourth-order valence-electron chi connectivity index (χ4n) is 4.67. The fourth-order valence-corrected chi connectivity index (χ4v) is 4.67. The molecule has 2 heterocycles. The van der Waals surface area contributed by atoms with Gasteiger partial charge in [0.2, 0.25) is 5.88 Å². The molecule has 7 nitrogen and oxygen atoms in total. The maximum absolute atomic E-state index is 13.7. The van der Waals surface area contributed by atoms with E-state index in [1.165, 1.54) is 12.1 Å². The largest absolute Gasteiger partial charge is 0.496 e. The molecule has 1 aliphatic heterocycles. The lowest BCUT2D eigenvalue weighted by atomic mass is 9.99. The lowest BCUT2D eigenvalue weighted by Gasteiger charge is -2.37. The Morgan fingerprint density at radius 1 is 1.22 bits per heavy atom. The van der Waals surface area contributed by atoms with Crippen molar-refractivity contribution in [3.05, 3.63) is 77.7 Å². The highest BCUT2D eigenvalue weighted by Gasteiger charge is 2.34. The van der Waals surface area contributed by atoms with E-state index in [4.69, 9.17) is 9.47 Å². The third-order valence-electron chi connectivity index (χ3n) is 6.77. The number of fused-ring (bicyclic) bond motifs is 1. The minimum atomic E-state index is -0.374. The van der Waals surface area contributed by atoms with Crippen molar-refractivity contribution >= 4 is 5.91 Å². The van der Waals surface area contributed by atoms with Gasteiger partial charge in [-0.25, -0.2) is 9.37 Å². The van der Waals surface area contributed by atoms with Crippen LogP contribution in [0.15, 0.2) is 60.8 Å². The highest BCUT2D eigenvalue weighted by Crippen LogP contribution is 2.34. The van der Waals surface area contributed by atoms with E-state index in [2.05, 4.69) is 9.88 Å². The second kappa shape index (κ2) is 11.7. The van der Waals surface area contributed by atoms with Gasteiger partial charge in [0, 0.05) is 42.9 Å². The third-order valence-corrected chi connectivity index (χ3v) is 6.77. The summed E-state index contributed by atoms with van der Waals surface area (Å²) in [6, 6.07) is 15.5. The zero-order valence-electron chi connectivity index (χ0n) is 21.7. The van der Waals surface area contributed by atoms with Gasteiger partial charge in [-0.1, -0.05) is 37.3 Å². The summed E-state index contributed by atoms with van der Waals surface area (Å²) in [4.78, 5) is 22.0. The number of hydrogen-bond acceptors (Lipinski definition) is 6. The van der Waals surface area contributed by atoms with E-state index < -0.39 is 0 Å². The second-order valence-corrected chi connectivity index (χ2v) is 9.73. The fraction of sp³-hybridized carbons (Fsp3) is 0.379. The Labute approximate surface area is 217 Å². The number of likely N-dealkylation sites (N-methyl/N-ethyl adjacent to an activating group) is 1. The van der Waals surface area contributed by atoms with Gasteiger partial charge >= 0.3 is 0 Å². The molecule has 196 valence electrons. The van der Waals surface area contributed by atoms with Gasteiger partial charge in [0.1, 0.15) is 23.2 Å². The average Bonchev–Trinajstić information content (AvgIpc) is 2.90. The first-order chi connectivity index (χ1) is 17.8. The lowest BCUT2D eigenvalue weighted by Crippen LogP contribution is -2.49. The van der Waals surface area contributed by atoms with E-state index in [-0.39, 0.29) is 42.3 Å². The van der Waals surface area contributed by atoms with Crippen LogP contribution in [0.1, 0.15) is 29.8 Å². The summed E-state index contributed by atoms with van der Waals surface area (Å²) < 4.78 is 25.6. The van der Waals surface area contributed by atoms with E-state index in [0.717, 1.165) is 16.7 Å². The average molecular weight is 508 g/mol. The molecule has 8 heteroatoms. The maximum Gasteiger partial charge on any atom is 0.259 e. The van der Waals surface area contributed by atoms with Gasteiger partial charge in [-0.3, -0.25) is 9.69 Å². The number of methoxy groups -OCH3 is 1. The quantitative estimate of drug-likeness (QED) is 0.492. The van der Waals surface area contributed by atoms with E-state index >= 15 is 0 Å². The predicted molar refractivity (Wildman–Crippen MR) is 140 cm³/mol. The first-order valence-corrected chi connectivity index (χ1v) is 12.5. The van der Waals surface area contributed by atoms with E-state index in [0.29, 0.717) is 30.9 Å². The van der Waals surface area contributed by atoms with Crippen LogP contribution in [0.4, 0.5) is 4.39 Å². The Morgan fingerprint density at radius 3 is 2.73 bits per heavy atom. The molecule has 1 N–H and O–H groups in total. The zero-order valence-corrected chi connectivity index (χ0v) is 21.7. The van der Waals surface area contributed by atoms with Crippen molar-refractivity contribution < 1.29 is 23.8 Å². The van der Waals surface area contributed by atoms with Crippen molar-refractivity contribution in [3.8, 4) is 22.8 Å². The molecule has 2 aromatic carbocycles. The van der Waals surface area contributed by atoms with Crippen LogP contribution in [0, 0.1) is 11.7 Å². The first-order valence-electron chi connectivity index (χ1n) is 12.5. The van der Waals surface area contributed by atoms with Gasteiger partial charge in [-0.2, -0.15) is 0 Å². The summed E-state index contributed by atoms with van der Waals surface area (Å²) >= 11 is 0. The Balaban J connectivity index is 1.67. The molecule has 0 saturated heterocycles. The minimum Gasteiger partial charge on any atom is -0.496 e. The standard InChI is InChI=1S/C29H34FN3O4/c1-19-15-33(20(2)18-34)29(35)25-13-22(24-10-5-6-11-26(24)36-4)14-31-28(25)37-27(19)17-32(3)16-21-8-7-9-23(30)12-21/h5-14,19-20,27,34H,15-18H2,1-4H3/t19-,20+,27+/m0/s1. The van der Waals surface area contributed by atoms with Crippen LogP contribution in [0.25, 0.3) is 11.1 Å². The SMILES string of the molecule is COc1ccccc1-c1cnc2c(c1)C(=O)N([C@H](C)CO)C[C@H](C)[C@@H](CN(C)Cc1cccc(F)c1)O2. The number of ether oxygens (including phenoxy) is 2. The summed E-state index contributed by atoms with van der Waals surface area (Å²) in [5, 5.41) is 9.90. The topological polar surface area (TPSA) is 75.1 Å². The van der Waals surface area contributed by atoms with Crippen LogP contribution in [-0.4, -0.2) is 71.8 Å². The van der Waals surface area contributed by atoms with Gasteiger partial charge in [0.25, 0.3) is 5.91 Å². The lowest BCUT2D eigenvalue weighted by molar-refractivity contribution is 0.0325. The highest BCUT2D eigenvalue weighted by atomic mass is 19.1. The molecule has 37 heavy (non-hydrogen) atoms. The van der Waals surface area contributed by atoms with Crippen LogP contribution in [0.2, 0.25) is 0 Å². The van der Waals surface area contributed by atoms with E-state index in [1.807, 2.05) is 51.2 Å². The molecule has 0 fully saturated rings. The van der Waals surface area contributed by atoms with Crippen molar-refractivity contribution in [3.63, 3.8) is 0 Å². The van der Waals surface area contributed by atoms with Crippen LogP contribution in [0.5, 0.6) is 11.6 Å². The Bertz CT molecular complexity index is 1240. The van der Waals surface area contributed by atoms with Gasteiger partial charge < -0.3 is 19.5 Å². The Kier molecular flexibility index (Phi) is 8.41. The minimum absolute atomic E-state index is 0.0447. The zero-order chi connectivity index (χ0) is 26.5. The summed E-state index contributed by atoms with van der Waals surface area (Å²) in [5.41, 5.74) is 2.76. The molecule has 3 aromatic rings. The molecule has 0 radical (unpaired) electrons. The number of rotatable bonds is 8. The molecule has 1 aliphatic rings. The second-order valence-electron chi connectivity index (χ2n) is 9.73. The number of hydrogen-bond donors (Lipinski definition) is 1. The number of para-hydroxylation sites is 1. The smallest absolute Gasteiger partial charge is 0.259 e. The van der Waals surface area contributed by atoms with Gasteiger partial charge in [0.15, 0.2) is 0 Å². The molecule has 3 atom stereocenters. The van der Waals surface area contributed by atoms with Crippen molar-refractivity contribution in [2.45, 2.75) is 32.5 Å². The summed E-state index contributed by atoms with van der Waals surface area (Å²) in [7, 11) is 3.56. The molecule has 1 aromatic heterocycles. The van der Waals surface area contributed by atoms with Gasteiger partial charge in [-0.15, -0.1) is 0 Å². The number of carbonyl (C=O) groups excluding carboxylic acids is 1. The summed E-state index contributed by atoms with van der Waals surface area (Å²) in [5.74, 6) is 0.387. The van der Waals surface area contributed by atoms with Crippen molar-refractivity contribution in [2.75, 3.05) is 33.9 Å². The van der Waals surface area contributed by atoms with Crippen LogP contribution >= 0.6 is 0 Å². The Morgan fingerprint density at radius 2 is 2.00 bits per heavy atom. The number of aromatic nitrogens is 1. The normalized spacial score (nSPS) is 18.6. The molecule has 1 amide bonds.